The summed E-state index contributed by atoms with van der Waals surface area (Å²) in [6.45, 7) is 7.08. The normalized spacial score (nSPS) is 18.6. The number of aryl methyl sites for hydroxylation is 1. The molecule has 3 heteroatoms. The molecule has 0 aliphatic carbocycles. The average molecular weight is 446 g/mol. The second-order valence-electron chi connectivity index (χ2n) is 7.50. The molecule has 1 fully saturated rings. The number of halogens is 1. The molecule has 2 aliphatic rings. The van der Waals surface area contributed by atoms with Crippen LogP contribution in [0, 0.1) is 10.5 Å². The molecule has 0 atom stereocenters. The van der Waals surface area contributed by atoms with Gasteiger partial charge in [-0.3, -0.25) is 0 Å². The molecule has 4 rings (SSSR count). The smallest absolute Gasteiger partial charge is 0.0537 e. The molecule has 0 saturated carbocycles. The zero-order chi connectivity index (χ0) is 17.2. The molecule has 0 aromatic heterocycles. The van der Waals surface area contributed by atoms with Crippen LogP contribution in [0.4, 0.5) is 5.69 Å². The van der Waals surface area contributed by atoms with E-state index < -0.39 is 0 Å². The molecule has 0 radical (unpaired) electrons. The molecule has 2 aromatic rings. The van der Waals surface area contributed by atoms with E-state index >= 15 is 0 Å². The summed E-state index contributed by atoms with van der Waals surface area (Å²) < 4.78 is 1.43. The Bertz CT molecular complexity index is 735. The van der Waals surface area contributed by atoms with Crippen molar-refractivity contribution in [3.05, 3.63) is 62.7 Å². The summed E-state index contributed by atoms with van der Waals surface area (Å²) >= 11 is 2.51. The van der Waals surface area contributed by atoms with Crippen LogP contribution in [0.25, 0.3) is 0 Å². The van der Waals surface area contributed by atoms with Crippen LogP contribution in [0.15, 0.2) is 42.5 Å². The minimum absolute atomic E-state index is 0.729. The van der Waals surface area contributed by atoms with E-state index in [1.54, 1.807) is 5.56 Å². The van der Waals surface area contributed by atoms with Crippen LogP contribution in [0.1, 0.15) is 29.5 Å². The highest BCUT2D eigenvalue weighted by Gasteiger charge is 2.30. The van der Waals surface area contributed by atoms with Gasteiger partial charge in [-0.05, 0) is 72.4 Å². The van der Waals surface area contributed by atoms with Crippen molar-refractivity contribution in [3.8, 4) is 0 Å². The van der Waals surface area contributed by atoms with Crippen LogP contribution in [-0.2, 0) is 12.8 Å². The lowest BCUT2D eigenvalue weighted by atomic mass is 10.0. The zero-order valence-corrected chi connectivity index (χ0v) is 17.2. The number of fused-ring (bicyclic) bond motifs is 1. The summed E-state index contributed by atoms with van der Waals surface area (Å²) in [5, 5.41) is 0. The fourth-order valence-corrected chi connectivity index (χ4v) is 5.27. The summed E-state index contributed by atoms with van der Waals surface area (Å²) in [5.41, 5.74) is 5.93. The second kappa shape index (κ2) is 7.67. The van der Waals surface area contributed by atoms with Crippen molar-refractivity contribution >= 4 is 28.3 Å². The van der Waals surface area contributed by atoms with Gasteiger partial charge in [0.05, 0.1) is 5.69 Å². The number of piperidine rings is 1. The summed E-state index contributed by atoms with van der Waals surface area (Å²) in [6.07, 6.45) is 5.01. The standard InChI is InChI=1S/C22H27IN2/c1-17-4-2-5-18(16-17)8-12-24-13-10-20(11-14-24)25-15-9-19-6-3-7-21(23)22(19)25/h2-7,16,20H,8-15H2,1H3. The maximum Gasteiger partial charge on any atom is 0.0537 e. The van der Waals surface area contributed by atoms with Crippen molar-refractivity contribution in [3.63, 3.8) is 0 Å². The number of likely N-dealkylation sites (tertiary alicyclic amines) is 1. The van der Waals surface area contributed by atoms with Crippen molar-refractivity contribution in [1.82, 2.24) is 4.90 Å². The summed E-state index contributed by atoms with van der Waals surface area (Å²) in [6, 6.07) is 16.5. The van der Waals surface area contributed by atoms with Crippen molar-refractivity contribution in [2.75, 3.05) is 31.1 Å². The van der Waals surface area contributed by atoms with E-state index in [0.717, 1.165) is 6.04 Å². The first-order valence-electron chi connectivity index (χ1n) is 9.52. The third-order valence-corrected chi connectivity index (χ3v) is 6.65. The Hall–Kier alpha value is -1.07. The van der Waals surface area contributed by atoms with E-state index in [1.807, 2.05) is 0 Å². The minimum Gasteiger partial charge on any atom is -0.367 e. The van der Waals surface area contributed by atoms with Crippen LogP contribution < -0.4 is 4.90 Å². The zero-order valence-electron chi connectivity index (χ0n) is 15.0. The number of rotatable bonds is 4. The third-order valence-electron chi connectivity index (χ3n) is 5.78. The lowest BCUT2D eigenvalue weighted by molar-refractivity contribution is 0.212. The fourth-order valence-electron chi connectivity index (χ4n) is 4.41. The average Bonchev–Trinajstić information content (AvgIpc) is 3.06. The molecule has 2 heterocycles. The van der Waals surface area contributed by atoms with Crippen molar-refractivity contribution in [2.45, 2.75) is 38.6 Å². The Labute approximate surface area is 165 Å². The van der Waals surface area contributed by atoms with E-state index in [-0.39, 0.29) is 0 Å². The fraction of sp³-hybridized carbons (Fsp3) is 0.455. The Morgan fingerprint density at radius 1 is 1.04 bits per heavy atom. The van der Waals surface area contributed by atoms with Gasteiger partial charge in [-0.15, -0.1) is 0 Å². The van der Waals surface area contributed by atoms with Gasteiger partial charge in [0.25, 0.3) is 0 Å². The first-order chi connectivity index (χ1) is 12.2. The van der Waals surface area contributed by atoms with E-state index in [4.69, 9.17) is 0 Å². The van der Waals surface area contributed by atoms with E-state index in [1.165, 1.54) is 72.2 Å². The third kappa shape index (κ3) is 3.87. The highest BCUT2D eigenvalue weighted by atomic mass is 127. The van der Waals surface area contributed by atoms with Gasteiger partial charge < -0.3 is 9.80 Å². The lowest BCUT2D eigenvalue weighted by Gasteiger charge is -2.38. The first-order valence-corrected chi connectivity index (χ1v) is 10.6. The molecule has 1 saturated heterocycles. The number of anilines is 1. The Balaban J connectivity index is 1.32. The SMILES string of the molecule is Cc1cccc(CCN2CCC(N3CCc4cccc(I)c43)CC2)c1. The van der Waals surface area contributed by atoms with Crippen molar-refractivity contribution in [2.24, 2.45) is 0 Å². The number of nitrogens with zero attached hydrogens (tertiary/aromatic N) is 2. The Kier molecular flexibility index (Phi) is 5.32. The number of benzene rings is 2. The largest absolute Gasteiger partial charge is 0.367 e. The highest BCUT2D eigenvalue weighted by Crippen LogP contribution is 2.36. The summed E-state index contributed by atoms with van der Waals surface area (Å²) in [7, 11) is 0. The second-order valence-corrected chi connectivity index (χ2v) is 8.67. The molecule has 0 amide bonds. The number of hydrogen-bond donors (Lipinski definition) is 0. The predicted octanol–water partition coefficient (Wildman–Crippen LogP) is 4.67. The van der Waals surface area contributed by atoms with Crippen LogP contribution in [0.2, 0.25) is 0 Å². The first kappa shape index (κ1) is 17.3. The topological polar surface area (TPSA) is 6.48 Å². The Morgan fingerprint density at radius 3 is 2.64 bits per heavy atom. The quantitative estimate of drug-likeness (QED) is 0.630. The van der Waals surface area contributed by atoms with Gasteiger partial charge in [-0.2, -0.15) is 0 Å². The van der Waals surface area contributed by atoms with Gasteiger partial charge in [-0.25, -0.2) is 0 Å². The van der Waals surface area contributed by atoms with Crippen LogP contribution in [0.3, 0.4) is 0 Å². The molecule has 2 aliphatic heterocycles. The molecule has 2 nitrogen and oxygen atoms in total. The molecule has 2 aromatic carbocycles. The maximum absolute atomic E-state index is 2.70. The maximum atomic E-state index is 2.70. The number of hydrogen-bond acceptors (Lipinski definition) is 2. The molecule has 0 unspecified atom stereocenters. The molecular weight excluding hydrogens is 419 g/mol. The van der Waals surface area contributed by atoms with Gasteiger partial charge >= 0.3 is 0 Å². The van der Waals surface area contributed by atoms with Gasteiger partial charge in [0.15, 0.2) is 0 Å². The van der Waals surface area contributed by atoms with Gasteiger partial charge in [0.2, 0.25) is 0 Å². The molecule has 0 N–H and O–H groups in total. The Morgan fingerprint density at radius 2 is 1.84 bits per heavy atom. The molecule has 0 bridgehead atoms. The van der Waals surface area contributed by atoms with Crippen LogP contribution in [0.5, 0.6) is 0 Å². The molecule has 132 valence electrons. The lowest BCUT2D eigenvalue weighted by Crippen LogP contribution is -2.45. The van der Waals surface area contributed by atoms with E-state index in [9.17, 15) is 0 Å². The van der Waals surface area contributed by atoms with E-state index in [2.05, 4.69) is 81.8 Å². The highest BCUT2D eigenvalue weighted by molar-refractivity contribution is 14.1. The van der Waals surface area contributed by atoms with Crippen LogP contribution in [-0.4, -0.2) is 37.1 Å². The monoisotopic (exact) mass is 446 g/mol. The summed E-state index contributed by atoms with van der Waals surface area (Å²) in [4.78, 5) is 5.36. The van der Waals surface area contributed by atoms with Gasteiger partial charge in [-0.1, -0.05) is 42.0 Å². The van der Waals surface area contributed by atoms with Gasteiger partial charge in [0.1, 0.15) is 0 Å². The minimum atomic E-state index is 0.729. The van der Waals surface area contributed by atoms with Gasteiger partial charge in [0, 0.05) is 35.8 Å². The van der Waals surface area contributed by atoms with E-state index in [0.29, 0.717) is 0 Å². The molecule has 0 spiro atoms. The molecular formula is C22H27IN2. The molecule has 25 heavy (non-hydrogen) atoms. The number of para-hydroxylation sites is 1. The van der Waals surface area contributed by atoms with Crippen molar-refractivity contribution < 1.29 is 0 Å². The predicted molar refractivity (Wildman–Crippen MR) is 115 cm³/mol. The van der Waals surface area contributed by atoms with Crippen molar-refractivity contribution in [1.29, 1.82) is 0 Å². The summed E-state index contributed by atoms with van der Waals surface area (Å²) in [5.74, 6) is 0. The van der Waals surface area contributed by atoms with Crippen LogP contribution >= 0.6 is 22.6 Å².